The Morgan fingerprint density at radius 3 is 2.21 bits per heavy atom. The number of carbonyl (C=O) groups excluding carboxylic acids is 1. The molecule has 0 spiro atoms. The van der Waals surface area contributed by atoms with Crippen molar-refractivity contribution in [2.24, 2.45) is 0 Å². The lowest BCUT2D eigenvalue weighted by Gasteiger charge is -2.36. The van der Waals surface area contributed by atoms with Gasteiger partial charge in [0.25, 0.3) is 11.6 Å². The summed E-state index contributed by atoms with van der Waals surface area (Å²) >= 11 is 0. The molecule has 8 heteroatoms. The maximum atomic E-state index is 13.0. The fourth-order valence-corrected chi connectivity index (χ4v) is 3.43. The van der Waals surface area contributed by atoms with Crippen molar-refractivity contribution in [3.05, 3.63) is 57.6 Å². The van der Waals surface area contributed by atoms with Crippen molar-refractivity contribution < 1.29 is 19.2 Å². The van der Waals surface area contributed by atoms with Gasteiger partial charge in [-0.25, -0.2) is 0 Å². The van der Waals surface area contributed by atoms with E-state index < -0.39 is 4.92 Å². The highest BCUT2D eigenvalue weighted by Gasteiger charge is 2.30. The number of ether oxygens (including phenoxy) is 2. The first kappa shape index (κ1) is 19.5. The van der Waals surface area contributed by atoms with Crippen LogP contribution in [0.3, 0.4) is 0 Å². The van der Waals surface area contributed by atoms with Crippen molar-refractivity contribution >= 4 is 17.3 Å². The Bertz CT molecular complexity index is 891. The van der Waals surface area contributed by atoms with Crippen LogP contribution in [-0.2, 0) is 0 Å². The van der Waals surface area contributed by atoms with Gasteiger partial charge in [0, 0.05) is 37.9 Å². The van der Waals surface area contributed by atoms with Gasteiger partial charge in [-0.1, -0.05) is 18.2 Å². The van der Waals surface area contributed by atoms with E-state index in [1.165, 1.54) is 31.9 Å². The molecular formula is C20H23N3O5. The molecule has 1 fully saturated rings. The normalized spacial score (nSPS) is 14.0. The number of carbonyl (C=O) groups is 1. The van der Waals surface area contributed by atoms with E-state index in [1.54, 1.807) is 4.90 Å². The minimum absolute atomic E-state index is 0.00647. The number of hydrogen-bond donors (Lipinski definition) is 0. The second-order valence-corrected chi connectivity index (χ2v) is 6.55. The zero-order valence-corrected chi connectivity index (χ0v) is 16.2. The second-order valence-electron chi connectivity index (χ2n) is 6.55. The molecule has 1 aliphatic rings. The molecule has 3 rings (SSSR count). The zero-order valence-electron chi connectivity index (χ0n) is 16.2. The molecule has 148 valence electrons. The summed E-state index contributed by atoms with van der Waals surface area (Å²) in [6, 6.07) is 10.7. The molecule has 0 unspecified atom stereocenters. The molecule has 0 radical (unpaired) electrons. The largest absolute Gasteiger partial charge is 0.493 e. The first-order chi connectivity index (χ1) is 13.5. The van der Waals surface area contributed by atoms with E-state index in [0.29, 0.717) is 26.2 Å². The van der Waals surface area contributed by atoms with Gasteiger partial charge in [0.15, 0.2) is 11.5 Å². The third-order valence-electron chi connectivity index (χ3n) is 4.95. The molecule has 28 heavy (non-hydrogen) atoms. The molecule has 1 heterocycles. The predicted octanol–water partition coefficient (Wildman–Crippen LogP) is 2.88. The molecule has 0 N–H and O–H groups in total. The van der Waals surface area contributed by atoms with E-state index >= 15 is 0 Å². The number of hydrogen-bond acceptors (Lipinski definition) is 6. The highest BCUT2D eigenvalue weighted by Crippen LogP contribution is 2.35. The van der Waals surface area contributed by atoms with E-state index in [1.807, 2.05) is 12.1 Å². The van der Waals surface area contributed by atoms with Crippen LogP contribution in [0.15, 0.2) is 36.4 Å². The van der Waals surface area contributed by atoms with E-state index in [0.717, 1.165) is 5.69 Å². The Labute approximate surface area is 163 Å². The van der Waals surface area contributed by atoms with Crippen LogP contribution in [0, 0.1) is 17.0 Å². The number of amides is 1. The number of benzene rings is 2. The highest BCUT2D eigenvalue weighted by atomic mass is 16.6. The minimum atomic E-state index is -0.571. The van der Waals surface area contributed by atoms with Gasteiger partial charge in [0.1, 0.15) is 5.56 Å². The molecule has 0 aromatic heterocycles. The molecule has 0 atom stereocenters. The molecule has 1 saturated heterocycles. The molecular weight excluding hydrogens is 362 g/mol. The smallest absolute Gasteiger partial charge is 0.286 e. The van der Waals surface area contributed by atoms with Gasteiger partial charge in [-0.15, -0.1) is 0 Å². The summed E-state index contributed by atoms with van der Waals surface area (Å²) in [4.78, 5) is 27.8. The number of aryl methyl sites for hydroxylation is 1. The van der Waals surface area contributed by atoms with Gasteiger partial charge < -0.3 is 19.3 Å². The van der Waals surface area contributed by atoms with Crippen LogP contribution in [0.25, 0.3) is 0 Å². The lowest BCUT2D eigenvalue weighted by molar-refractivity contribution is -0.385. The number of anilines is 1. The lowest BCUT2D eigenvalue weighted by atomic mass is 10.1. The van der Waals surface area contributed by atoms with Crippen molar-refractivity contribution in [2.45, 2.75) is 6.92 Å². The summed E-state index contributed by atoms with van der Waals surface area (Å²) in [5, 5.41) is 11.5. The van der Waals surface area contributed by atoms with Gasteiger partial charge in [0.2, 0.25) is 0 Å². The lowest BCUT2D eigenvalue weighted by Crippen LogP contribution is -2.49. The number of nitrogens with zero attached hydrogens (tertiary/aromatic N) is 3. The summed E-state index contributed by atoms with van der Waals surface area (Å²) < 4.78 is 10.3. The monoisotopic (exact) mass is 385 g/mol. The van der Waals surface area contributed by atoms with Crippen molar-refractivity contribution in [3.8, 4) is 11.5 Å². The van der Waals surface area contributed by atoms with E-state index in [2.05, 4.69) is 24.0 Å². The second kappa shape index (κ2) is 8.16. The molecule has 8 nitrogen and oxygen atoms in total. The fraction of sp³-hybridized carbons (Fsp3) is 0.350. The fourth-order valence-electron chi connectivity index (χ4n) is 3.43. The van der Waals surface area contributed by atoms with Crippen LogP contribution in [0.1, 0.15) is 15.9 Å². The number of methoxy groups -OCH3 is 2. The van der Waals surface area contributed by atoms with Crippen LogP contribution in [0.5, 0.6) is 11.5 Å². The van der Waals surface area contributed by atoms with E-state index in [-0.39, 0.29) is 28.7 Å². The number of para-hydroxylation sites is 1. The summed E-state index contributed by atoms with van der Waals surface area (Å²) in [6.45, 7) is 4.35. The van der Waals surface area contributed by atoms with E-state index in [4.69, 9.17) is 9.47 Å². The topological polar surface area (TPSA) is 85.2 Å². The summed E-state index contributed by atoms with van der Waals surface area (Å²) in [5.74, 6) is 0.127. The Balaban J connectivity index is 1.82. The van der Waals surface area contributed by atoms with Crippen LogP contribution >= 0.6 is 0 Å². The van der Waals surface area contributed by atoms with Gasteiger partial charge >= 0.3 is 0 Å². The van der Waals surface area contributed by atoms with Crippen molar-refractivity contribution in [3.63, 3.8) is 0 Å². The van der Waals surface area contributed by atoms with Gasteiger partial charge in [0.05, 0.1) is 25.2 Å². The zero-order chi connectivity index (χ0) is 20.3. The highest BCUT2D eigenvalue weighted by molar-refractivity contribution is 5.99. The first-order valence-electron chi connectivity index (χ1n) is 8.96. The summed E-state index contributed by atoms with van der Waals surface area (Å²) in [7, 11) is 2.83. The minimum Gasteiger partial charge on any atom is -0.493 e. The third kappa shape index (κ3) is 3.71. The molecule has 0 saturated carbocycles. The van der Waals surface area contributed by atoms with Crippen LogP contribution < -0.4 is 14.4 Å². The van der Waals surface area contributed by atoms with Crippen LogP contribution in [-0.4, -0.2) is 56.1 Å². The van der Waals surface area contributed by atoms with Crippen LogP contribution in [0.2, 0.25) is 0 Å². The Morgan fingerprint density at radius 2 is 1.64 bits per heavy atom. The quantitative estimate of drug-likeness (QED) is 0.581. The average Bonchev–Trinajstić information content (AvgIpc) is 2.72. The molecule has 1 amide bonds. The Hall–Kier alpha value is -3.29. The van der Waals surface area contributed by atoms with Crippen molar-refractivity contribution in [2.75, 3.05) is 45.3 Å². The predicted molar refractivity (Wildman–Crippen MR) is 105 cm³/mol. The van der Waals surface area contributed by atoms with Gasteiger partial charge in [-0.05, 0) is 18.6 Å². The number of rotatable bonds is 5. The summed E-state index contributed by atoms with van der Waals surface area (Å²) in [6.07, 6.45) is 0. The number of piperazine rings is 1. The van der Waals surface area contributed by atoms with Gasteiger partial charge in [-0.2, -0.15) is 0 Å². The number of nitro groups is 1. The molecule has 1 aliphatic heterocycles. The molecule has 0 aliphatic carbocycles. The molecule has 2 aromatic carbocycles. The van der Waals surface area contributed by atoms with Gasteiger partial charge in [-0.3, -0.25) is 14.9 Å². The Morgan fingerprint density at radius 1 is 1.04 bits per heavy atom. The van der Waals surface area contributed by atoms with Crippen molar-refractivity contribution in [1.82, 2.24) is 4.90 Å². The third-order valence-corrected chi connectivity index (χ3v) is 4.95. The maximum absolute atomic E-state index is 13.0. The standard InChI is InChI=1S/C20H23N3O5/c1-14-6-4-5-7-16(14)21-8-10-22(11-9-21)20(24)15-12-18(27-2)19(28-3)13-17(15)23(25)26/h4-7,12-13H,8-11H2,1-3H3. The molecule has 2 aromatic rings. The van der Waals surface area contributed by atoms with Crippen LogP contribution in [0.4, 0.5) is 11.4 Å². The number of nitro benzene ring substituents is 1. The average molecular weight is 385 g/mol. The maximum Gasteiger partial charge on any atom is 0.286 e. The Kier molecular flexibility index (Phi) is 5.67. The first-order valence-corrected chi connectivity index (χ1v) is 8.96. The molecule has 0 bridgehead atoms. The van der Waals surface area contributed by atoms with E-state index in [9.17, 15) is 14.9 Å². The summed E-state index contributed by atoms with van der Waals surface area (Å²) in [5.41, 5.74) is 2.04. The van der Waals surface area contributed by atoms with Crippen molar-refractivity contribution in [1.29, 1.82) is 0 Å². The SMILES string of the molecule is COc1cc(C(=O)N2CCN(c3ccccc3C)CC2)c([N+](=O)[O-])cc1OC.